The van der Waals surface area contributed by atoms with E-state index < -0.39 is 17.6 Å². The molecule has 23 heavy (non-hydrogen) atoms. The molecule has 2 aromatic carbocycles. The van der Waals surface area contributed by atoms with Gasteiger partial charge < -0.3 is 9.84 Å². The number of rotatable bonds is 3. The van der Waals surface area contributed by atoms with E-state index >= 15 is 0 Å². The first-order chi connectivity index (χ1) is 11.0. The van der Waals surface area contributed by atoms with Gasteiger partial charge in [-0.15, -0.1) is 0 Å². The van der Waals surface area contributed by atoms with Gasteiger partial charge in [-0.3, -0.25) is 0 Å². The molecule has 1 aliphatic carbocycles. The molecule has 0 spiro atoms. The SMILES string of the molecule is COc1cc(F)cc(F)c1C1=CCCc2ccc(C(=O)O)cc21. The van der Waals surface area contributed by atoms with Crippen molar-refractivity contribution in [1.82, 2.24) is 0 Å². The van der Waals surface area contributed by atoms with E-state index in [1.165, 1.54) is 19.2 Å². The smallest absolute Gasteiger partial charge is 0.335 e. The van der Waals surface area contributed by atoms with Crippen molar-refractivity contribution in [1.29, 1.82) is 0 Å². The van der Waals surface area contributed by atoms with Gasteiger partial charge in [-0.2, -0.15) is 0 Å². The van der Waals surface area contributed by atoms with Crippen molar-refractivity contribution < 1.29 is 23.4 Å². The molecule has 3 rings (SSSR count). The molecular weight excluding hydrogens is 302 g/mol. The molecule has 1 aliphatic rings. The van der Waals surface area contributed by atoms with Crippen LogP contribution in [0.4, 0.5) is 8.78 Å². The molecule has 0 unspecified atom stereocenters. The average Bonchev–Trinajstić information content (AvgIpc) is 2.53. The van der Waals surface area contributed by atoms with Crippen molar-refractivity contribution in [2.75, 3.05) is 7.11 Å². The molecule has 3 nitrogen and oxygen atoms in total. The van der Waals surface area contributed by atoms with Crippen LogP contribution in [-0.4, -0.2) is 18.2 Å². The molecule has 1 N–H and O–H groups in total. The lowest BCUT2D eigenvalue weighted by Crippen LogP contribution is -2.07. The number of hydrogen-bond acceptors (Lipinski definition) is 2. The molecule has 0 bridgehead atoms. The van der Waals surface area contributed by atoms with E-state index in [-0.39, 0.29) is 16.9 Å². The number of carbonyl (C=O) groups is 1. The van der Waals surface area contributed by atoms with Gasteiger partial charge in [0.1, 0.15) is 17.4 Å². The van der Waals surface area contributed by atoms with E-state index in [1.54, 1.807) is 6.07 Å². The van der Waals surface area contributed by atoms with E-state index in [9.17, 15) is 13.6 Å². The van der Waals surface area contributed by atoms with Gasteiger partial charge in [0.15, 0.2) is 0 Å². The molecule has 0 aliphatic heterocycles. The number of fused-ring (bicyclic) bond motifs is 1. The number of benzene rings is 2. The largest absolute Gasteiger partial charge is 0.496 e. The number of aromatic carboxylic acids is 1. The fraction of sp³-hybridized carbons (Fsp3) is 0.167. The van der Waals surface area contributed by atoms with Crippen LogP contribution in [0.5, 0.6) is 5.75 Å². The molecule has 0 heterocycles. The van der Waals surface area contributed by atoms with Crippen molar-refractivity contribution in [3.63, 3.8) is 0 Å². The van der Waals surface area contributed by atoms with Crippen LogP contribution in [-0.2, 0) is 6.42 Å². The topological polar surface area (TPSA) is 46.5 Å². The van der Waals surface area contributed by atoms with Crippen LogP contribution in [0.2, 0.25) is 0 Å². The maximum atomic E-state index is 14.4. The van der Waals surface area contributed by atoms with Gasteiger partial charge in [0.25, 0.3) is 0 Å². The number of ether oxygens (including phenoxy) is 1. The number of methoxy groups -OCH3 is 1. The number of halogens is 2. The van der Waals surface area contributed by atoms with Gasteiger partial charge in [-0.25, -0.2) is 13.6 Å². The van der Waals surface area contributed by atoms with Gasteiger partial charge in [-0.05, 0) is 41.7 Å². The predicted octanol–water partition coefficient (Wildman–Crippen LogP) is 4.05. The monoisotopic (exact) mass is 316 g/mol. The van der Waals surface area contributed by atoms with Crippen LogP contribution in [0.15, 0.2) is 36.4 Å². The Morgan fingerprint density at radius 2 is 2.00 bits per heavy atom. The minimum absolute atomic E-state index is 0.0855. The number of carboxylic acid groups (broad SMARTS) is 1. The van der Waals surface area contributed by atoms with Crippen molar-refractivity contribution in [3.05, 3.63) is 70.3 Å². The summed E-state index contributed by atoms with van der Waals surface area (Å²) in [6, 6.07) is 6.70. The lowest BCUT2D eigenvalue weighted by atomic mass is 9.85. The molecular formula is C18H14F2O3. The normalized spacial score (nSPS) is 13.3. The molecule has 0 atom stereocenters. The third kappa shape index (κ3) is 2.70. The Balaban J connectivity index is 2.22. The first-order valence-electron chi connectivity index (χ1n) is 7.11. The number of hydrogen-bond donors (Lipinski definition) is 1. The van der Waals surface area contributed by atoms with Gasteiger partial charge in [0.2, 0.25) is 0 Å². The zero-order chi connectivity index (χ0) is 16.6. The van der Waals surface area contributed by atoms with E-state index in [4.69, 9.17) is 9.84 Å². The highest BCUT2D eigenvalue weighted by atomic mass is 19.1. The van der Waals surface area contributed by atoms with Crippen LogP contribution < -0.4 is 4.74 Å². The van der Waals surface area contributed by atoms with E-state index in [0.29, 0.717) is 17.6 Å². The minimum atomic E-state index is -1.05. The molecule has 0 radical (unpaired) electrons. The Bertz CT molecular complexity index is 825. The summed E-state index contributed by atoms with van der Waals surface area (Å²) in [5, 5.41) is 9.17. The maximum absolute atomic E-state index is 14.4. The van der Waals surface area contributed by atoms with Gasteiger partial charge in [0.05, 0.1) is 18.2 Å². The molecule has 118 valence electrons. The zero-order valence-electron chi connectivity index (χ0n) is 12.4. The van der Waals surface area contributed by atoms with Gasteiger partial charge >= 0.3 is 5.97 Å². The second-order valence-electron chi connectivity index (χ2n) is 5.30. The first-order valence-corrected chi connectivity index (χ1v) is 7.11. The Morgan fingerprint density at radius 1 is 1.22 bits per heavy atom. The summed E-state index contributed by atoms with van der Waals surface area (Å²) in [4.78, 5) is 11.2. The molecule has 0 saturated carbocycles. The molecule has 5 heteroatoms. The quantitative estimate of drug-likeness (QED) is 0.929. The molecule has 0 amide bonds. The van der Waals surface area contributed by atoms with Crippen LogP contribution in [0, 0.1) is 11.6 Å². The number of aryl methyl sites for hydroxylation is 1. The standard InChI is InChI=1S/C18H14F2O3/c1-23-16-9-12(19)8-15(20)17(16)13-4-2-3-10-5-6-11(18(21)22)7-14(10)13/h4-9H,2-3H2,1H3,(H,21,22). The Morgan fingerprint density at radius 3 is 2.70 bits per heavy atom. The van der Waals surface area contributed by atoms with Crippen LogP contribution in [0.1, 0.15) is 33.5 Å². The lowest BCUT2D eigenvalue weighted by molar-refractivity contribution is 0.0697. The minimum Gasteiger partial charge on any atom is -0.496 e. The van der Waals surface area contributed by atoms with Crippen molar-refractivity contribution >= 4 is 11.5 Å². The van der Waals surface area contributed by atoms with E-state index in [0.717, 1.165) is 24.1 Å². The maximum Gasteiger partial charge on any atom is 0.335 e. The van der Waals surface area contributed by atoms with Crippen LogP contribution in [0.3, 0.4) is 0 Å². The third-order valence-corrected chi connectivity index (χ3v) is 3.92. The summed E-state index contributed by atoms with van der Waals surface area (Å²) < 4.78 is 32.9. The average molecular weight is 316 g/mol. The highest BCUT2D eigenvalue weighted by Crippen LogP contribution is 2.38. The van der Waals surface area contributed by atoms with Crippen molar-refractivity contribution in [3.8, 4) is 5.75 Å². The second-order valence-corrected chi connectivity index (χ2v) is 5.30. The fourth-order valence-corrected chi connectivity index (χ4v) is 2.87. The van der Waals surface area contributed by atoms with E-state index in [2.05, 4.69) is 0 Å². The van der Waals surface area contributed by atoms with Gasteiger partial charge in [0, 0.05) is 12.1 Å². The number of carboxylic acids is 1. The highest BCUT2D eigenvalue weighted by Gasteiger charge is 2.22. The zero-order valence-corrected chi connectivity index (χ0v) is 12.4. The summed E-state index contributed by atoms with van der Waals surface area (Å²) in [5.41, 5.74) is 2.37. The second kappa shape index (κ2) is 5.83. The predicted molar refractivity (Wildman–Crippen MR) is 81.7 cm³/mol. The summed E-state index contributed by atoms with van der Waals surface area (Å²) >= 11 is 0. The number of allylic oxidation sites excluding steroid dienone is 1. The summed E-state index contributed by atoms with van der Waals surface area (Å²) in [6.45, 7) is 0. The highest BCUT2D eigenvalue weighted by molar-refractivity contribution is 5.92. The first kappa shape index (κ1) is 15.2. The Hall–Kier alpha value is -2.69. The Labute approximate surface area is 131 Å². The van der Waals surface area contributed by atoms with Crippen molar-refractivity contribution in [2.45, 2.75) is 12.8 Å². The van der Waals surface area contributed by atoms with Crippen LogP contribution in [0.25, 0.3) is 5.57 Å². The fourth-order valence-electron chi connectivity index (χ4n) is 2.87. The summed E-state index contributed by atoms with van der Waals surface area (Å²) in [7, 11) is 1.34. The molecule has 2 aromatic rings. The molecule has 0 saturated heterocycles. The Kier molecular flexibility index (Phi) is 3.86. The molecule has 0 fully saturated rings. The summed E-state index contributed by atoms with van der Waals surface area (Å²) in [6.07, 6.45) is 3.26. The van der Waals surface area contributed by atoms with Crippen LogP contribution >= 0.6 is 0 Å². The van der Waals surface area contributed by atoms with Crippen molar-refractivity contribution in [2.24, 2.45) is 0 Å². The summed E-state index contributed by atoms with van der Waals surface area (Å²) in [5.74, 6) is -2.42. The van der Waals surface area contributed by atoms with E-state index in [1.807, 2.05) is 6.08 Å². The van der Waals surface area contributed by atoms with Gasteiger partial charge in [-0.1, -0.05) is 12.1 Å². The lowest BCUT2D eigenvalue weighted by Gasteiger charge is -2.21. The molecule has 0 aromatic heterocycles. The third-order valence-electron chi connectivity index (χ3n) is 3.92.